The first-order valence-electron chi connectivity index (χ1n) is 3.72. The predicted molar refractivity (Wildman–Crippen MR) is 36.4 cm³/mol. The van der Waals surface area contributed by atoms with E-state index in [2.05, 4.69) is 6.08 Å². The molecule has 54 valence electrons. The molecular formula is C8H10O2. The van der Waals surface area contributed by atoms with E-state index in [1.165, 1.54) is 0 Å². The van der Waals surface area contributed by atoms with Crippen LogP contribution in [0, 0.1) is 5.92 Å². The molecule has 2 atom stereocenters. The van der Waals surface area contributed by atoms with Crippen molar-refractivity contribution in [2.24, 2.45) is 5.92 Å². The van der Waals surface area contributed by atoms with Gasteiger partial charge in [0.15, 0.2) is 0 Å². The van der Waals surface area contributed by atoms with Crippen molar-refractivity contribution >= 4 is 5.97 Å². The summed E-state index contributed by atoms with van der Waals surface area (Å²) in [5.74, 6) is 0.561. The number of esters is 1. The van der Waals surface area contributed by atoms with Crippen LogP contribution in [0.15, 0.2) is 12.2 Å². The van der Waals surface area contributed by atoms with Crippen LogP contribution in [0.4, 0.5) is 0 Å². The molecule has 1 heterocycles. The van der Waals surface area contributed by atoms with Gasteiger partial charge in [0, 0.05) is 12.3 Å². The lowest BCUT2D eigenvalue weighted by molar-refractivity contribution is -0.153. The van der Waals surface area contributed by atoms with Crippen molar-refractivity contribution in [1.82, 2.24) is 0 Å². The lowest BCUT2D eigenvalue weighted by atomic mass is 9.96. The molecule has 0 radical (unpaired) electrons. The van der Waals surface area contributed by atoms with Crippen LogP contribution in [0.2, 0.25) is 0 Å². The van der Waals surface area contributed by atoms with Gasteiger partial charge in [-0.15, -0.1) is 0 Å². The molecule has 1 saturated heterocycles. The van der Waals surface area contributed by atoms with Crippen molar-refractivity contribution in [2.75, 3.05) is 0 Å². The van der Waals surface area contributed by atoms with Crippen molar-refractivity contribution in [3.05, 3.63) is 12.2 Å². The minimum atomic E-state index is -0.0344. The minimum Gasteiger partial charge on any atom is -0.458 e. The maximum absolute atomic E-state index is 10.7. The summed E-state index contributed by atoms with van der Waals surface area (Å²) in [7, 11) is 0. The van der Waals surface area contributed by atoms with E-state index in [9.17, 15) is 4.79 Å². The highest BCUT2D eigenvalue weighted by atomic mass is 16.5. The topological polar surface area (TPSA) is 26.3 Å². The van der Waals surface area contributed by atoms with Gasteiger partial charge in [-0.3, -0.25) is 4.79 Å². The van der Waals surface area contributed by atoms with Crippen molar-refractivity contribution in [3.63, 3.8) is 0 Å². The van der Waals surface area contributed by atoms with Gasteiger partial charge in [0.25, 0.3) is 0 Å². The Hall–Kier alpha value is -0.790. The summed E-state index contributed by atoms with van der Waals surface area (Å²) in [6, 6.07) is 0. The van der Waals surface area contributed by atoms with Gasteiger partial charge in [0.2, 0.25) is 0 Å². The van der Waals surface area contributed by atoms with Crippen LogP contribution in [0.3, 0.4) is 0 Å². The summed E-state index contributed by atoms with van der Waals surface area (Å²) in [5.41, 5.74) is 0. The molecule has 2 nitrogen and oxygen atoms in total. The van der Waals surface area contributed by atoms with Gasteiger partial charge < -0.3 is 4.74 Å². The first-order chi connectivity index (χ1) is 4.86. The largest absolute Gasteiger partial charge is 0.458 e. The van der Waals surface area contributed by atoms with E-state index in [0.717, 1.165) is 12.8 Å². The Balaban J connectivity index is 2.08. The second-order valence-corrected chi connectivity index (χ2v) is 2.92. The van der Waals surface area contributed by atoms with Crippen LogP contribution in [-0.2, 0) is 9.53 Å². The minimum absolute atomic E-state index is 0.0344. The molecule has 0 aromatic heterocycles. The maximum atomic E-state index is 10.7. The standard InChI is InChI=1S/C8H10O2/c9-8-5-4-6-2-1-3-7(6)10-8/h1,3,6-7H,2,4-5H2. The van der Waals surface area contributed by atoms with Crippen LogP contribution >= 0.6 is 0 Å². The fourth-order valence-corrected chi connectivity index (χ4v) is 1.61. The molecule has 2 heteroatoms. The zero-order valence-electron chi connectivity index (χ0n) is 5.75. The van der Waals surface area contributed by atoms with E-state index >= 15 is 0 Å². The van der Waals surface area contributed by atoms with Gasteiger partial charge in [-0.05, 0) is 18.9 Å². The highest BCUT2D eigenvalue weighted by Crippen LogP contribution is 2.30. The average Bonchev–Trinajstić information content (AvgIpc) is 2.33. The smallest absolute Gasteiger partial charge is 0.306 e. The number of fused-ring (bicyclic) bond motifs is 1. The van der Waals surface area contributed by atoms with Crippen LogP contribution in [0.1, 0.15) is 19.3 Å². The molecule has 0 bridgehead atoms. The normalized spacial score (nSPS) is 37.4. The maximum Gasteiger partial charge on any atom is 0.306 e. The SMILES string of the molecule is O=C1CCC2CC=CC2O1. The third-order valence-electron chi connectivity index (χ3n) is 2.22. The Kier molecular flexibility index (Phi) is 1.26. The summed E-state index contributed by atoms with van der Waals surface area (Å²) < 4.78 is 5.08. The van der Waals surface area contributed by atoms with E-state index in [0.29, 0.717) is 12.3 Å². The third-order valence-corrected chi connectivity index (χ3v) is 2.22. The molecule has 2 aliphatic rings. The first kappa shape index (κ1) is 5.96. The fraction of sp³-hybridized carbons (Fsp3) is 0.625. The van der Waals surface area contributed by atoms with E-state index in [4.69, 9.17) is 4.74 Å². The fourth-order valence-electron chi connectivity index (χ4n) is 1.61. The van der Waals surface area contributed by atoms with Crippen molar-refractivity contribution in [1.29, 1.82) is 0 Å². The Labute approximate surface area is 59.9 Å². The Bertz CT molecular complexity index is 184. The second kappa shape index (κ2) is 2.11. The summed E-state index contributed by atoms with van der Waals surface area (Å²) in [6.45, 7) is 0. The lowest BCUT2D eigenvalue weighted by Crippen LogP contribution is -2.27. The number of carbonyl (C=O) groups is 1. The highest BCUT2D eigenvalue weighted by Gasteiger charge is 2.30. The summed E-state index contributed by atoms with van der Waals surface area (Å²) >= 11 is 0. The van der Waals surface area contributed by atoms with Crippen LogP contribution < -0.4 is 0 Å². The molecular weight excluding hydrogens is 128 g/mol. The number of hydrogen-bond acceptors (Lipinski definition) is 2. The van der Waals surface area contributed by atoms with E-state index in [-0.39, 0.29) is 12.1 Å². The lowest BCUT2D eigenvalue weighted by Gasteiger charge is -2.24. The third kappa shape index (κ3) is 0.838. The zero-order chi connectivity index (χ0) is 6.97. The first-order valence-corrected chi connectivity index (χ1v) is 3.72. The van der Waals surface area contributed by atoms with Gasteiger partial charge in [0.1, 0.15) is 6.10 Å². The Morgan fingerprint density at radius 3 is 3.40 bits per heavy atom. The monoisotopic (exact) mass is 138 g/mol. The predicted octanol–water partition coefficient (Wildman–Crippen LogP) is 1.27. The molecule has 2 rings (SSSR count). The number of carbonyl (C=O) groups excluding carboxylic acids is 1. The molecule has 0 spiro atoms. The highest BCUT2D eigenvalue weighted by molar-refractivity contribution is 5.70. The van der Waals surface area contributed by atoms with E-state index < -0.39 is 0 Å². The van der Waals surface area contributed by atoms with Gasteiger partial charge in [-0.2, -0.15) is 0 Å². The number of ether oxygens (including phenoxy) is 1. The van der Waals surface area contributed by atoms with Crippen molar-refractivity contribution in [2.45, 2.75) is 25.4 Å². The van der Waals surface area contributed by atoms with Crippen LogP contribution in [0.25, 0.3) is 0 Å². The second-order valence-electron chi connectivity index (χ2n) is 2.92. The summed E-state index contributed by atoms with van der Waals surface area (Å²) in [5, 5.41) is 0. The molecule has 1 fully saturated rings. The van der Waals surface area contributed by atoms with E-state index in [1.54, 1.807) is 0 Å². The average molecular weight is 138 g/mol. The summed E-state index contributed by atoms with van der Waals surface area (Å²) in [6.07, 6.45) is 6.94. The van der Waals surface area contributed by atoms with Crippen molar-refractivity contribution < 1.29 is 9.53 Å². The number of allylic oxidation sites excluding steroid dienone is 1. The molecule has 2 unspecified atom stereocenters. The molecule has 0 N–H and O–H groups in total. The Morgan fingerprint density at radius 1 is 1.60 bits per heavy atom. The summed E-state index contributed by atoms with van der Waals surface area (Å²) in [4.78, 5) is 10.7. The quantitative estimate of drug-likeness (QED) is 0.372. The zero-order valence-corrected chi connectivity index (χ0v) is 5.75. The molecule has 0 aromatic rings. The molecule has 10 heavy (non-hydrogen) atoms. The van der Waals surface area contributed by atoms with Crippen LogP contribution in [0.5, 0.6) is 0 Å². The molecule has 0 amide bonds. The van der Waals surface area contributed by atoms with Gasteiger partial charge in [-0.25, -0.2) is 0 Å². The van der Waals surface area contributed by atoms with Gasteiger partial charge in [0.05, 0.1) is 0 Å². The molecule has 0 saturated carbocycles. The number of rotatable bonds is 0. The molecule has 1 aliphatic carbocycles. The van der Waals surface area contributed by atoms with Gasteiger partial charge >= 0.3 is 5.97 Å². The molecule has 1 aliphatic heterocycles. The van der Waals surface area contributed by atoms with Crippen molar-refractivity contribution in [3.8, 4) is 0 Å². The number of hydrogen-bond donors (Lipinski definition) is 0. The van der Waals surface area contributed by atoms with Crippen LogP contribution in [-0.4, -0.2) is 12.1 Å². The van der Waals surface area contributed by atoms with E-state index in [1.807, 2.05) is 6.08 Å². The molecule has 0 aromatic carbocycles. The van der Waals surface area contributed by atoms with Gasteiger partial charge in [-0.1, -0.05) is 6.08 Å². The Morgan fingerprint density at radius 2 is 2.50 bits per heavy atom.